The van der Waals surface area contributed by atoms with E-state index < -0.39 is 0 Å². The van der Waals surface area contributed by atoms with Gasteiger partial charge in [0.05, 0.1) is 5.52 Å². The summed E-state index contributed by atoms with van der Waals surface area (Å²) >= 11 is 5.97. The molecule has 2 N–H and O–H groups in total. The number of nitrogens with zero attached hydrogens (tertiary/aromatic N) is 2. The Morgan fingerprint density at radius 1 is 1.03 bits per heavy atom. The largest absolute Gasteiger partial charge is 0.487 e. The van der Waals surface area contributed by atoms with E-state index in [0.717, 1.165) is 34.1 Å². The van der Waals surface area contributed by atoms with Crippen LogP contribution >= 0.6 is 11.6 Å². The molecule has 3 aromatic carbocycles. The molecule has 0 fully saturated rings. The van der Waals surface area contributed by atoms with Crippen LogP contribution < -0.4 is 4.74 Å². The smallest absolute Gasteiger partial charge is 0.221 e. The summed E-state index contributed by atoms with van der Waals surface area (Å²) in [5.74, 6) is 0.567. The van der Waals surface area contributed by atoms with Gasteiger partial charge in [0.2, 0.25) is 5.90 Å². The fourth-order valence-electron chi connectivity index (χ4n) is 3.41. The van der Waals surface area contributed by atoms with Crippen LogP contribution in [0.1, 0.15) is 16.8 Å². The van der Waals surface area contributed by atoms with E-state index in [1.54, 1.807) is 12.1 Å². The Morgan fingerprint density at radius 2 is 1.75 bits per heavy atom. The molecule has 0 aliphatic rings. The van der Waals surface area contributed by atoms with Crippen LogP contribution in [-0.2, 0) is 18.4 Å². The van der Waals surface area contributed by atoms with E-state index in [1.807, 2.05) is 78.5 Å². The molecule has 0 bridgehead atoms. The Balaban J connectivity index is 1.55. The Hall–Kier alpha value is -3.90. The lowest BCUT2D eigenvalue weighted by atomic mass is 10.0. The van der Waals surface area contributed by atoms with Crippen LogP contribution in [0, 0.1) is 10.8 Å². The molecule has 0 radical (unpaired) electrons. The average Bonchev–Trinajstić information content (AvgIpc) is 3.13. The summed E-state index contributed by atoms with van der Waals surface area (Å²) in [5.41, 5.74) is 4.10. The van der Waals surface area contributed by atoms with E-state index >= 15 is 0 Å². The number of ether oxygens (including phenoxy) is 2. The van der Waals surface area contributed by atoms with Crippen LogP contribution in [0.3, 0.4) is 0 Å². The number of fused-ring (bicyclic) bond motifs is 1. The normalized spacial score (nSPS) is 11.4. The number of para-hydroxylation sites is 1. The van der Waals surface area contributed by atoms with E-state index in [9.17, 15) is 0 Å². The predicted molar refractivity (Wildman–Crippen MR) is 128 cm³/mol. The maximum absolute atomic E-state index is 8.19. The van der Waals surface area contributed by atoms with Crippen LogP contribution in [0.25, 0.3) is 22.6 Å². The van der Waals surface area contributed by atoms with Gasteiger partial charge in [-0.2, -0.15) is 5.10 Å². The maximum atomic E-state index is 8.19. The number of rotatable bonds is 7. The van der Waals surface area contributed by atoms with Crippen LogP contribution in [0.15, 0.2) is 72.8 Å². The number of hydrogen-bond acceptors (Lipinski definition) is 5. The van der Waals surface area contributed by atoms with Crippen molar-refractivity contribution in [2.75, 3.05) is 0 Å². The molecule has 0 aliphatic carbocycles. The Morgan fingerprint density at radius 3 is 2.47 bits per heavy atom. The number of aromatic nitrogens is 2. The zero-order valence-corrected chi connectivity index (χ0v) is 18.1. The molecule has 0 saturated carbocycles. The molecule has 0 amide bonds. The van der Waals surface area contributed by atoms with Crippen LogP contribution in [0.2, 0.25) is 5.02 Å². The van der Waals surface area contributed by atoms with Gasteiger partial charge < -0.3 is 9.47 Å². The topological polar surface area (TPSA) is 84.0 Å². The lowest BCUT2D eigenvalue weighted by Gasteiger charge is -2.10. The first-order valence-corrected chi connectivity index (χ1v) is 10.3. The van der Waals surface area contributed by atoms with Crippen molar-refractivity contribution in [3.8, 4) is 5.75 Å². The minimum Gasteiger partial charge on any atom is -0.487 e. The highest BCUT2D eigenvalue weighted by Gasteiger charge is 2.12. The lowest BCUT2D eigenvalue weighted by molar-refractivity contribution is 0.301. The maximum Gasteiger partial charge on any atom is 0.221 e. The van der Waals surface area contributed by atoms with Crippen LogP contribution in [0.4, 0.5) is 0 Å². The van der Waals surface area contributed by atoms with Crippen LogP contribution in [0.5, 0.6) is 5.75 Å². The standard InChI is InChI=1S/C25H21ClN4O2/c1-30-24-5-3-2-4-21(24)23(29-30)15-31-20-12-8-18(9-13-20)22(25(28)32-16-27)14-17-6-10-19(26)11-7-17/h2-14,16,27-28H,15H2,1H3. The highest BCUT2D eigenvalue weighted by molar-refractivity contribution is 6.30. The van der Waals surface area contributed by atoms with Gasteiger partial charge in [0.15, 0.2) is 6.40 Å². The molecule has 4 rings (SSSR count). The SMILES string of the molecule is Cn1nc(COc2ccc(C(=Cc3ccc(Cl)cc3)C(=N)OC=N)cc2)c2ccccc21. The third-order valence-corrected chi connectivity index (χ3v) is 5.23. The molecule has 7 heteroatoms. The van der Waals surface area contributed by atoms with Gasteiger partial charge in [-0.3, -0.25) is 15.5 Å². The van der Waals surface area contributed by atoms with E-state index in [4.69, 9.17) is 31.9 Å². The molecular formula is C25H21ClN4O2. The van der Waals surface area contributed by atoms with Crippen molar-refractivity contribution >= 4 is 46.5 Å². The Kier molecular flexibility index (Phi) is 6.33. The summed E-state index contributed by atoms with van der Waals surface area (Å²) in [7, 11) is 1.92. The number of benzene rings is 3. The number of hydrogen-bond donors (Lipinski definition) is 2. The van der Waals surface area contributed by atoms with Crippen molar-refractivity contribution in [3.05, 3.63) is 94.6 Å². The first-order valence-electron chi connectivity index (χ1n) is 9.91. The first kappa shape index (κ1) is 21.3. The van der Waals surface area contributed by atoms with Gasteiger partial charge in [-0.1, -0.05) is 54.1 Å². The summed E-state index contributed by atoms with van der Waals surface area (Å²) in [6.45, 7) is 0.348. The minimum atomic E-state index is -0.122. The third kappa shape index (κ3) is 4.71. The fourth-order valence-corrected chi connectivity index (χ4v) is 3.53. The van der Waals surface area contributed by atoms with Gasteiger partial charge >= 0.3 is 0 Å². The van der Waals surface area contributed by atoms with Gasteiger partial charge in [0.1, 0.15) is 18.1 Å². The second-order valence-corrected chi connectivity index (χ2v) is 7.51. The van der Waals surface area contributed by atoms with Gasteiger partial charge in [0.25, 0.3) is 0 Å². The lowest BCUT2D eigenvalue weighted by Crippen LogP contribution is -2.05. The fraction of sp³-hybridized carbons (Fsp3) is 0.0800. The van der Waals surface area contributed by atoms with Crippen molar-refractivity contribution in [3.63, 3.8) is 0 Å². The monoisotopic (exact) mass is 444 g/mol. The van der Waals surface area contributed by atoms with Crippen molar-refractivity contribution < 1.29 is 9.47 Å². The van der Waals surface area contributed by atoms with Gasteiger partial charge in [-0.05, 0) is 47.5 Å². The van der Waals surface area contributed by atoms with E-state index in [-0.39, 0.29) is 5.90 Å². The second kappa shape index (κ2) is 9.49. The molecule has 4 aromatic rings. The Labute approximate surface area is 190 Å². The van der Waals surface area contributed by atoms with Crippen molar-refractivity contribution in [1.29, 1.82) is 10.8 Å². The van der Waals surface area contributed by atoms with E-state index in [2.05, 4.69) is 5.10 Å². The molecule has 1 heterocycles. The van der Waals surface area contributed by atoms with E-state index in [1.165, 1.54) is 0 Å². The highest BCUT2D eigenvalue weighted by Crippen LogP contribution is 2.25. The summed E-state index contributed by atoms with van der Waals surface area (Å²) in [6, 6.07) is 22.7. The molecule has 0 spiro atoms. The zero-order chi connectivity index (χ0) is 22.5. The molecule has 160 valence electrons. The summed E-state index contributed by atoms with van der Waals surface area (Å²) in [6.07, 6.45) is 2.56. The quantitative estimate of drug-likeness (QED) is 0.210. The first-order chi connectivity index (χ1) is 15.5. The summed E-state index contributed by atoms with van der Waals surface area (Å²) in [5, 5.41) is 21.6. The second-order valence-electron chi connectivity index (χ2n) is 7.07. The van der Waals surface area contributed by atoms with E-state index in [0.29, 0.717) is 23.0 Å². The zero-order valence-electron chi connectivity index (χ0n) is 17.4. The van der Waals surface area contributed by atoms with Gasteiger partial charge in [-0.25, -0.2) is 0 Å². The molecule has 32 heavy (non-hydrogen) atoms. The van der Waals surface area contributed by atoms with Gasteiger partial charge in [-0.15, -0.1) is 0 Å². The van der Waals surface area contributed by atoms with Gasteiger partial charge in [0, 0.05) is 23.0 Å². The minimum absolute atomic E-state index is 0.122. The molecule has 0 aliphatic heterocycles. The molecule has 6 nitrogen and oxygen atoms in total. The average molecular weight is 445 g/mol. The van der Waals surface area contributed by atoms with Crippen molar-refractivity contribution in [2.45, 2.75) is 6.61 Å². The number of nitrogens with one attached hydrogen (secondary N) is 2. The molecule has 0 atom stereocenters. The third-order valence-electron chi connectivity index (χ3n) is 4.98. The molecule has 1 aromatic heterocycles. The molecular weight excluding hydrogens is 424 g/mol. The van der Waals surface area contributed by atoms with Crippen molar-refractivity contribution in [2.24, 2.45) is 7.05 Å². The van der Waals surface area contributed by atoms with Crippen molar-refractivity contribution in [1.82, 2.24) is 9.78 Å². The molecule has 0 unspecified atom stereocenters. The number of aryl methyl sites for hydroxylation is 1. The highest BCUT2D eigenvalue weighted by atomic mass is 35.5. The Bertz CT molecular complexity index is 1290. The summed E-state index contributed by atoms with van der Waals surface area (Å²) < 4.78 is 12.8. The predicted octanol–water partition coefficient (Wildman–Crippen LogP) is 5.95. The van der Waals surface area contributed by atoms with Crippen LogP contribution in [-0.4, -0.2) is 22.1 Å². The molecule has 0 saturated heterocycles. The summed E-state index contributed by atoms with van der Waals surface area (Å²) in [4.78, 5) is 0. The number of halogens is 1.